The van der Waals surface area contributed by atoms with Crippen molar-refractivity contribution in [2.75, 3.05) is 0 Å². The van der Waals surface area contributed by atoms with Gasteiger partial charge in [-0.3, -0.25) is 14.4 Å². The van der Waals surface area contributed by atoms with Gasteiger partial charge in [0, 0.05) is 83.1 Å². The number of nitrogens with zero attached hydrogens (tertiary/aromatic N) is 3. The number of carbonyl (C=O) groups excluding carboxylic acids is 3. The van der Waals surface area contributed by atoms with Gasteiger partial charge in [0.05, 0.1) is 31.2 Å². The molecule has 9 heteroatoms. The molecule has 0 N–H and O–H groups in total. The van der Waals surface area contributed by atoms with E-state index in [1.165, 1.54) is 273 Å². The summed E-state index contributed by atoms with van der Waals surface area (Å²) >= 11 is 4.60. The summed E-state index contributed by atoms with van der Waals surface area (Å²) in [6, 6.07) is 33.5. The zero-order valence-electron chi connectivity index (χ0n) is 54.5. The smallest absolute Gasteiger partial charge is 0.160 e. The molecule has 0 bridgehead atoms. The molecule has 10 aromatic rings. The molecule has 0 atom stereocenters. The van der Waals surface area contributed by atoms with E-state index >= 15 is 0 Å². The van der Waals surface area contributed by atoms with Crippen LogP contribution < -0.4 is 0 Å². The third kappa shape index (κ3) is 17.0. The predicted molar refractivity (Wildman–Crippen MR) is 397 cm³/mol. The van der Waals surface area contributed by atoms with Crippen molar-refractivity contribution in [3.05, 3.63) is 137 Å². The number of aldehydes is 3. The van der Waals surface area contributed by atoms with E-state index in [4.69, 9.17) is 0 Å². The van der Waals surface area contributed by atoms with Crippen LogP contribution in [-0.4, -0.2) is 32.6 Å². The molecule has 0 aliphatic carbocycles. The van der Waals surface area contributed by atoms with E-state index in [2.05, 4.69) is 144 Å². The van der Waals surface area contributed by atoms with Crippen LogP contribution in [-0.2, 0) is 19.6 Å². The van der Waals surface area contributed by atoms with Crippen LogP contribution in [0.15, 0.2) is 91.0 Å². The summed E-state index contributed by atoms with van der Waals surface area (Å²) in [5, 5.41) is 7.89. The zero-order chi connectivity index (χ0) is 62.3. The average Bonchev–Trinajstić information content (AvgIpc) is 1.51. The van der Waals surface area contributed by atoms with Crippen molar-refractivity contribution in [1.29, 1.82) is 0 Å². The van der Waals surface area contributed by atoms with Crippen LogP contribution in [0, 0.1) is 0 Å². The maximum absolute atomic E-state index is 11.8. The molecule has 0 fully saturated rings. The van der Waals surface area contributed by atoms with Crippen LogP contribution in [0.25, 0.3) is 102 Å². The number of hydrogen-bond acceptors (Lipinski definition) is 6. The molecule has 6 heterocycles. The number of rotatable bonds is 42. The summed E-state index contributed by atoms with van der Waals surface area (Å²) in [5.41, 5.74) is 11.3. The number of hydrogen-bond donors (Lipinski definition) is 0. The van der Waals surface area contributed by atoms with Crippen LogP contribution >= 0.6 is 34.0 Å². The fourth-order valence-corrected chi connectivity index (χ4v) is 16.2. The molecule has 0 saturated heterocycles. The van der Waals surface area contributed by atoms with E-state index in [1.54, 1.807) is 0 Å². The van der Waals surface area contributed by atoms with Gasteiger partial charge in [-0.15, -0.1) is 34.0 Å². The second kappa shape index (κ2) is 34.9. The first-order valence-corrected chi connectivity index (χ1v) is 37.6. The Labute approximate surface area is 549 Å². The van der Waals surface area contributed by atoms with Crippen LogP contribution in [0.3, 0.4) is 0 Å². The Hall–Kier alpha value is -6.39. The standard InChI is InChI=1S/C81H99N3O3S3/c1-4-7-10-13-16-19-22-25-28-31-52-82-73-49-37-61(34-40-64-43-46-67(58-85)88-64)55-70(73)76-79(82)77-71-56-62(35-41-65-44-47-68(59-86)89-65)38-50-74(71)83(53-32-29-26-23-20-17-14-11-8-5-2)81(77)78-72-57-63(36-42-66-45-48-69(60-87)90-66)39-51-75(72)84(80(76)78)54-33-30-27-24-21-18-15-12-9-6-3/h34-51,55-60H,4-33,52-54H2,1-3H3/b40-34+,41-35+,42-36+. The predicted octanol–water partition coefficient (Wildman–Crippen LogP) is 25.9. The van der Waals surface area contributed by atoms with Gasteiger partial charge in [-0.25, -0.2) is 0 Å². The van der Waals surface area contributed by atoms with Crippen molar-refractivity contribution in [1.82, 2.24) is 13.7 Å². The minimum Gasteiger partial charge on any atom is -0.340 e. The number of benzene rings is 4. The van der Waals surface area contributed by atoms with Crippen LogP contribution in [0.5, 0.6) is 0 Å². The Morgan fingerprint density at radius 1 is 0.278 bits per heavy atom. The van der Waals surface area contributed by atoms with E-state index in [0.29, 0.717) is 0 Å². The highest BCUT2D eigenvalue weighted by molar-refractivity contribution is 7.15. The van der Waals surface area contributed by atoms with Crippen LogP contribution in [0.2, 0.25) is 0 Å². The molecular weight excluding hydrogens is 1160 g/mol. The highest BCUT2D eigenvalue weighted by atomic mass is 32.1. The monoisotopic (exact) mass is 1260 g/mol. The third-order valence-corrected chi connectivity index (χ3v) is 21.7. The van der Waals surface area contributed by atoms with E-state index in [1.807, 2.05) is 18.2 Å². The second-order valence-corrected chi connectivity index (χ2v) is 29.0. The van der Waals surface area contributed by atoms with Gasteiger partial charge in [0.15, 0.2) is 18.9 Å². The Morgan fingerprint density at radius 3 is 0.744 bits per heavy atom. The van der Waals surface area contributed by atoms with Crippen LogP contribution in [0.4, 0.5) is 0 Å². The topological polar surface area (TPSA) is 66.0 Å². The normalized spacial score (nSPS) is 12.3. The van der Waals surface area contributed by atoms with Gasteiger partial charge in [-0.05, 0) is 127 Å². The van der Waals surface area contributed by atoms with E-state index in [-0.39, 0.29) is 0 Å². The number of unbranched alkanes of at least 4 members (excludes halogenated alkanes) is 27. The van der Waals surface area contributed by atoms with Crippen LogP contribution in [0.1, 0.15) is 274 Å². The average molecular weight is 1260 g/mol. The van der Waals surface area contributed by atoms with Crippen molar-refractivity contribution >= 4 is 155 Å². The number of carbonyl (C=O) groups is 3. The van der Waals surface area contributed by atoms with Crippen molar-refractivity contribution in [2.45, 2.75) is 233 Å². The summed E-state index contributed by atoms with van der Waals surface area (Å²) in [4.78, 5) is 40.9. The van der Waals surface area contributed by atoms with Gasteiger partial charge in [-0.1, -0.05) is 231 Å². The minimum absolute atomic E-state index is 0.739. The summed E-state index contributed by atoms with van der Waals surface area (Å²) < 4.78 is 8.26. The first kappa shape index (κ1) is 66.5. The number of aryl methyl sites for hydroxylation is 3. The summed E-state index contributed by atoms with van der Waals surface area (Å²) in [6.45, 7) is 9.71. The Balaban J connectivity index is 1.20. The summed E-state index contributed by atoms with van der Waals surface area (Å²) in [5.74, 6) is 0. The summed E-state index contributed by atoms with van der Waals surface area (Å²) in [7, 11) is 0. The van der Waals surface area contributed by atoms with Gasteiger partial charge >= 0.3 is 0 Å². The number of thiophene rings is 3. The Morgan fingerprint density at radius 2 is 0.511 bits per heavy atom. The zero-order valence-corrected chi connectivity index (χ0v) is 56.9. The Bertz CT molecular complexity index is 3590. The first-order valence-electron chi connectivity index (χ1n) is 35.1. The molecule has 4 aromatic carbocycles. The molecule has 474 valence electrons. The quantitative estimate of drug-likeness (QED) is 0.0283. The molecule has 90 heavy (non-hydrogen) atoms. The molecule has 0 radical (unpaired) electrons. The maximum atomic E-state index is 11.8. The Kier molecular flexibility index (Phi) is 25.8. The molecule has 0 aliphatic heterocycles. The number of aromatic nitrogens is 3. The summed E-state index contributed by atoms with van der Waals surface area (Å²) in [6.07, 6.45) is 54.8. The highest BCUT2D eigenvalue weighted by Crippen LogP contribution is 2.49. The van der Waals surface area contributed by atoms with Crippen molar-refractivity contribution in [2.24, 2.45) is 0 Å². The van der Waals surface area contributed by atoms with E-state index in [0.717, 1.165) is 104 Å². The third-order valence-electron chi connectivity index (χ3n) is 18.8. The van der Waals surface area contributed by atoms with E-state index < -0.39 is 0 Å². The lowest BCUT2D eigenvalue weighted by Crippen LogP contribution is -2.02. The van der Waals surface area contributed by atoms with Gasteiger partial charge in [-0.2, -0.15) is 0 Å². The van der Waals surface area contributed by atoms with E-state index in [9.17, 15) is 14.4 Å². The SMILES string of the molecule is CCCCCCCCCCCCn1c2ccc(/C=C/c3ccc(C=O)s3)cc2c2c1c1c3cc(/C=C/c4ccc(C=O)s4)ccc3n(CCCCCCCCCCCC)c1c1c3cc(/C=C/c4ccc(C=O)s4)ccc3n(CCCCCCCCCCCC)c21. The molecule has 0 amide bonds. The largest absolute Gasteiger partial charge is 0.340 e. The second-order valence-electron chi connectivity index (χ2n) is 25.6. The highest BCUT2D eigenvalue weighted by Gasteiger charge is 2.28. The number of fused-ring (bicyclic) bond motifs is 12. The first-order chi connectivity index (χ1) is 44.4. The molecule has 0 unspecified atom stereocenters. The van der Waals surface area contributed by atoms with Crippen molar-refractivity contribution in [3.63, 3.8) is 0 Å². The lowest BCUT2D eigenvalue weighted by atomic mass is 10.00. The molecule has 6 nitrogen and oxygen atoms in total. The van der Waals surface area contributed by atoms with Gasteiger partial charge in [0.1, 0.15) is 0 Å². The maximum Gasteiger partial charge on any atom is 0.160 e. The fraction of sp³-hybridized carbons (Fsp3) is 0.444. The molecule has 0 spiro atoms. The molecule has 6 aromatic heterocycles. The molecule has 10 rings (SSSR count). The van der Waals surface area contributed by atoms with Gasteiger partial charge in [0.2, 0.25) is 0 Å². The van der Waals surface area contributed by atoms with Crippen molar-refractivity contribution < 1.29 is 14.4 Å². The lowest BCUT2D eigenvalue weighted by molar-refractivity contribution is 0.111. The lowest BCUT2D eigenvalue weighted by Gasteiger charge is -2.13. The molecular formula is C81H99N3O3S3. The molecule has 0 aliphatic rings. The fourth-order valence-electron chi connectivity index (χ4n) is 14.0. The minimum atomic E-state index is 0.739. The molecule has 0 saturated carbocycles. The van der Waals surface area contributed by atoms with Gasteiger partial charge in [0.25, 0.3) is 0 Å². The van der Waals surface area contributed by atoms with Crippen molar-refractivity contribution in [3.8, 4) is 0 Å². The van der Waals surface area contributed by atoms with Gasteiger partial charge < -0.3 is 13.7 Å².